The summed E-state index contributed by atoms with van der Waals surface area (Å²) >= 11 is 0. The molecule has 1 aliphatic carbocycles. The third-order valence-electron chi connectivity index (χ3n) is 3.01. The van der Waals surface area contributed by atoms with E-state index in [-0.39, 0.29) is 12.6 Å². The van der Waals surface area contributed by atoms with Gasteiger partial charge >= 0.3 is 0 Å². The first-order valence-electron chi connectivity index (χ1n) is 5.67. The van der Waals surface area contributed by atoms with Crippen LogP contribution in [0.2, 0.25) is 0 Å². The third kappa shape index (κ3) is 3.07. The van der Waals surface area contributed by atoms with Gasteiger partial charge < -0.3 is 5.11 Å². The molecule has 0 saturated heterocycles. The summed E-state index contributed by atoms with van der Waals surface area (Å²) in [6.45, 7) is 3.69. The molecule has 0 aromatic carbocycles. The Balaban J connectivity index is 2.55. The van der Waals surface area contributed by atoms with E-state index in [4.69, 9.17) is 5.11 Å². The van der Waals surface area contributed by atoms with Gasteiger partial charge in [0, 0.05) is 13.0 Å². The van der Waals surface area contributed by atoms with E-state index in [0.717, 1.165) is 32.2 Å². The van der Waals surface area contributed by atoms with Crippen molar-refractivity contribution in [3.05, 3.63) is 0 Å². The molecule has 1 rings (SSSR count). The zero-order valence-electron chi connectivity index (χ0n) is 9.04. The Labute approximate surface area is 86.1 Å². The van der Waals surface area contributed by atoms with Gasteiger partial charge in [0.25, 0.3) is 0 Å². The molecule has 1 unspecified atom stereocenters. The van der Waals surface area contributed by atoms with Crippen molar-refractivity contribution in [3.63, 3.8) is 0 Å². The van der Waals surface area contributed by atoms with Crippen LogP contribution in [-0.4, -0.2) is 41.5 Å². The summed E-state index contributed by atoms with van der Waals surface area (Å²) in [5, 5.41) is 8.90. The maximum Gasteiger partial charge on any atom is 0.149 e. The predicted octanol–water partition coefficient (Wildman–Crippen LogP) is 1.20. The van der Waals surface area contributed by atoms with E-state index in [2.05, 4.69) is 4.90 Å². The number of aliphatic hydroxyl groups is 1. The largest absolute Gasteiger partial charge is 0.395 e. The minimum absolute atomic E-state index is 0.0784. The summed E-state index contributed by atoms with van der Waals surface area (Å²) in [5.74, 6) is 0.373. The molecule has 1 atom stereocenters. The lowest BCUT2D eigenvalue weighted by Crippen LogP contribution is -2.42. The van der Waals surface area contributed by atoms with E-state index in [9.17, 15) is 4.79 Å². The number of Topliss-reactive ketones (excluding diaryl/α,β-unsaturated/α-hetero) is 1. The van der Waals surface area contributed by atoms with Crippen LogP contribution in [0.1, 0.15) is 39.0 Å². The predicted molar refractivity (Wildman–Crippen MR) is 56.2 cm³/mol. The zero-order chi connectivity index (χ0) is 10.4. The maximum atomic E-state index is 11.8. The minimum Gasteiger partial charge on any atom is -0.395 e. The third-order valence-corrected chi connectivity index (χ3v) is 3.01. The van der Waals surface area contributed by atoms with Crippen molar-refractivity contribution in [1.29, 1.82) is 0 Å². The minimum atomic E-state index is 0.0784. The van der Waals surface area contributed by atoms with E-state index in [1.54, 1.807) is 0 Å². The van der Waals surface area contributed by atoms with E-state index >= 15 is 0 Å². The van der Waals surface area contributed by atoms with E-state index in [1.165, 1.54) is 6.42 Å². The molecule has 1 aliphatic rings. The molecule has 1 saturated carbocycles. The number of carbonyl (C=O) groups is 1. The van der Waals surface area contributed by atoms with Crippen LogP contribution in [0, 0.1) is 0 Å². The Morgan fingerprint density at radius 1 is 1.43 bits per heavy atom. The number of hydrogen-bond donors (Lipinski definition) is 1. The molecule has 1 fully saturated rings. The van der Waals surface area contributed by atoms with Gasteiger partial charge in [0.1, 0.15) is 5.78 Å². The number of ketones is 1. The normalized spacial score (nSPS) is 23.9. The van der Waals surface area contributed by atoms with Gasteiger partial charge in [0.15, 0.2) is 0 Å². The Bertz CT molecular complexity index is 182. The smallest absolute Gasteiger partial charge is 0.149 e. The molecular weight excluding hydrogens is 178 g/mol. The number of hydrogen-bond acceptors (Lipinski definition) is 3. The van der Waals surface area contributed by atoms with Crippen molar-refractivity contribution in [2.45, 2.75) is 45.1 Å². The second-order valence-corrected chi connectivity index (χ2v) is 3.93. The lowest BCUT2D eigenvalue weighted by molar-refractivity contribution is -0.124. The van der Waals surface area contributed by atoms with Crippen LogP contribution < -0.4 is 0 Å². The number of likely N-dealkylation sites (N-methyl/N-ethyl adjacent to an activating group) is 1. The number of aliphatic hydroxyl groups excluding tert-OH is 1. The number of rotatable bonds is 4. The number of carbonyl (C=O) groups excluding carboxylic acids is 1. The Morgan fingerprint density at radius 2 is 2.21 bits per heavy atom. The van der Waals surface area contributed by atoms with Crippen molar-refractivity contribution in [2.75, 3.05) is 19.7 Å². The second kappa shape index (κ2) is 6.14. The lowest BCUT2D eigenvalue weighted by atomic mass is 10.1. The van der Waals surface area contributed by atoms with Crippen molar-refractivity contribution >= 4 is 5.78 Å². The van der Waals surface area contributed by atoms with Gasteiger partial charge in [-0.3, -0.25) is 9.69 Å². The van der Waals surface area contributed by atoms with Crippen LogP contribution in [0.25, 0.3) is 0 Å². The van der Waals surface area contributed by atoms with Crippen LogP contribution in [0.3, 0.4) is 0 Å². The standard InChI is InChI=1S/C11H21NO2/c1-2-12(8-9-13)10-6-4-3-5-7-11(10)14/h10,13H,2-9H2,1H3. The van der Waals surface area contributed by atoms with Gasteiger partial charge in [-0.25, -0.2) is 0 Å². The monoisotopic (exact) mass is 199 g/mol. The van der Waals surface area contributed by atoms with Gasteiger partial charge in [-0.15, -0.1) is 0 Å². The molecule has 82 valence electrons. The highest BCUT2D eigenvalue weighted by Gasteiger charge is 2.25. The molecule has 0 heterocycles. The summed E-state index contributed by atoms with van der Waals surface area (Å²) in [6.07, 6.45) is 5.09. The van der Waals surface area contributed by atoms with Crippen molar-refractivity contribution in [2.24, 2.45) is 0 Å². The highest BCUT2D eigenvalue weighted by molar-refractivity contribution is 5.84. The summed E-state index contributed by atoms with van der Waals surface area (Å²) in [7, 11) is 0. The summed E-state index contributed by atoms with van der Waals surface area (Å²) in [4.78, 5) is 13.9. The quantitative estimate of drug-likeness (QED) is 0.692. The molecule has 3 nitrogen and oxygen atoms in total. The average Bonchev–Trinajstić information content (AvgIpc) is 2.40. The molecule has 3 heteroatoms. The molecule has 0 aromatic heterocycles. The highest BCUT2D eigenvalue weighted by Crippen LogP contribution is 2.18. The van der Waals surface area contributed by atoms with E-state index in [0.29, 0.717) is 12.3 Å². The molecule has 0 spiro atoms. The summed E-state index contributed by atoms with van der Waals surface area (Å²) in [6, 6.07) is 0.0784. The molecule has 0 radical (unpaired) electrons. The van der Waals surface area contributed by atoms with Crippen molar-refractivity contribution in [3.8, 4) is 0 Å². The molecule has 14 heavy (non-hydrogen) atoms. The van der Waals surface area contributed by atoms with E-state index in [1.807, 2.05) is 6.92 Å². The van der Waals surface area contributed by atoms with Gasteiger partial charge in [-0.05, 0) is 19.4 Å². The molecule has 0 aromatic rings. The van der Waals surface area contributed by atoms with Crippen LogP contribution >= 0.6 is 0 Å². The molecule has 0 bridgehead atoms. The fraction of sp³-hybridized carbons (Fsp3) is 0.909. The molecule has 0 aliphatic heterocycles. The van der Waals surface area contributed by atoms with Gasteiger partial charge in [-0.2, -0.15) is 0 Å². The fourth-order valence-electron chi connectivity index (χ4n) is 2.19. The first-order chi connectivity index (χ1) is 6.79. The first-order valence-corrected chi connectivity index (χ1v) is 5.67. The highest BCUT2D eigenvalue weighted by atomic mass is 16.3. The van der Waals surface area contributed by atoms with Crippen LogP contribution in [0.15, 0.2) is 0 Å². The average molecular weight is 199 g/mol. The molecular formula is C11H21NO2. The second-order valence-electron chi connectivity index (χ2n) is 3.93. The van der Waals surface area contributed by atoms with Crippen LogP contribution in [0.5, 0.6) is 0 Å². The van der Waals surface area contributed by atoms with Gasteiger partial charge in [0.05, 0.1) is 12.6 Å². The summed E-state index contributed by atoms with van der Waals surface area (Å²) < 4.78 is 0. The lowest BCUT2D eigenvalue weighted by Gasteiger charge is -2.27. The Hall–Kier alpha value is -0.410. The van der Waals surface area contributed by atoms with Crippen LogP contribution in [0.4, 0.5) is 0 Å². The molecule has 1 N–H and O–H groups in total. The maximum absolute atomic E-state index is 11.8. The van der Waals surface area contributed by atoms with Gasteiger partial charge in [0.2, 0.25) is 0 Å². The van der Waals surface area contributed by atoms with Gasteiger partial charge in [-0.1, -0.05) is 19.8 Å². The van der Waals surface area contributed by atoms with Crippen molar-refractivity contribution < 1.29 is 9.90 Å². The SMILES string of the molecule is CCN(CCO)C1CCCCCC1=O. The zero-order valence-corrected chi connectivity index (χ0v) is 9.04. The Kier molecular flexibility index (Phi) is 5.12. The number of nitrogens with zero attached hydrogens (tertiary/aromatic N) is 1. The summed E-state index contributed by atoms with van der Waals surface area (Å²) in [5.41, 5.74) is 0. The topological polar surface area (TPSA) is 40.5 Å². The molecule has 0 amide bonds. The van der Waals surface area contributed by atoms with E-state index < -0.39 is 0 Å². The van der Waals surface area contributed by atoms with Crippen LogP contribution in [-0.2, 0) is 4.79 Å². The Morgan fingerprint density at radius 3 is 2.86 bits per heavy atom. The van der Waals surface area contributed by atoms with Crippen molar-refractivity contribution in [1.82, 2.24) is 4.90 Å². The fourth-order valence-corrected chi connectivity index (χ4v) is 2.19. The first kappa shape index (κ1) is 11.7.